The van der Waals surface area contributed by atoms with Crippen molar-refractivity contribution < 1.29 is 14.3 Å². The molecular formula is C22H25Cl2N3O3. The van der Waals surface area contributed by atoms with Gasteiger partial charge in [0.1, 0.15) is 5.75 Å². The maximum atomic E-state index is 12.8. The summed E-state index contributed by atoms with van der Waals surface area (Å²) in [5, 5.41) is 3.83. The first kappa shape index (κ1) is 22.2. The number of methoxy groups -OCH3 is 1. The van der Waals surface area contributed by atoms with E-state index < -0.39 is 0 Å². The van der Waals surface area contributed by atoms with Crippen LogP contribution in [0.15, 0.2) is 36.4 Å². The lowest BCUT2D eigenvalue weighted by Crippen LogP contribution is -2.48. The summed E-state index contributed by atoms with van der Waals surface area (Å²) in [5.74, 6) is 0.408. The molecule has 1 N–H and O–H groups in total. The first-order valence-corrected chi connectivity index (χ1v) is 10.7. The molecule has 0 spiro atoms. The number of nitrogens with one attached hydrogen (secondary N) is 1. The van der Waals surface area contributed by atoms with Gasteiger partial charge in [-0.05, 0) is 42.8 Å². The van der Waals surface area contributed by atoms with Crippen molar-refractivity contribution in [2.45, 2.75) is 19.8 Å². The molecule has 1 aliphatic heterocycles. The lowest BCUT2D eigenvalue weighted by atomic mass is 10.1. The van der Waals surface area contributed by atoms with Gasteiger partial charge in [0.15, 0.2) is 0 Å². The van der Waals surface area contributed by atoms with Crippen molar-refractivity contribution >= 4 is 46.4 Å². The number of nitrogens with zero attached hydrogens (tertiary/aromatic N) is 2. The van der Waals surface area contributed by atoms with Crippen LogP contribution in [0, 0.1) is 0 Å². The van der Waals surface area contributed by atoms with E-state index in [1.54, 1.807) is 30.3 Å². The minimum Gasteiger partial charge on any atom is -0.495 e. The monoisotopic (exact) mass is 449 g/mol. The van der Waals surface area contributed by atoms with Gasteiger partial charge in [-0.25, -0.2) is 0 Å². The number of anilines is 2. The highest BCUT2D eigenvalue weighted by atomic mass is 35.5. The average molecular weight is 450 g/mol. The van der Waals surface area contributed by atoms with E-state index in [1.807, 2.05) is 17.9 Å². The first-order chi connectivity index (χ1) is 14.4. The highest BCUT2D eigenvalue weighted by Gasteiger charge is 2.23. The number of amides is 2. The number of rotatable bonds is 6. The maximum absolute atomic E-state index is 12.8. The Kier molecular flexibility index (Phi) is 7.45. The molecule has 6 nitrogen and oxygen atoms in total. The van der Waals surface area contributed by atoms with Gasteiger partial charge in [-0.3, -0.25) is 9.59 Å². The van der Waals surface area contributed by atoms with E-state index in [9.17, 15) is 9.59 Å². The second-order valence-corrected chi connectivity index (χ2v) is 7.93. The molecule has 1 aliphatic rings. The standard InChI is InChI=1S/C22H25Cl2N3O3/c1-3-4-21(28)27-11-9-26(10-12-27)19-7-6-16(23)14-18(19)25-22(29)15-5-8-20(30-2)17(24)13-15/h5-8,13-14H,3-4,9-12H2,1-2H3,(H,25,29). The molecule has 0 aromatic heterocycles. The van der Waals surface area contributed by atoms with Crippen LogP contribution in [0.4, 0.5) is 11.4 Å². The fourth-order valence-electron chi connectivity index (χ4n) is 3.45. The van der Waals surface area contributed by atoms with Gasteiger partial charge in [-0.2, -0.15) is 0 Å². The lowest BCUT2D eigenvalue weighted by molar-refractivity contribution is -0.131. The second kappa shape index (κ2) is 10.0. The normalized spacial score (nSPS) is 13.9. The Morgan fingerprint density at radius 3 is 2.43 bits per heavy atom. The molecule has 160 valence electrons. The molecule has 1 saturated heterocycles. The zero-order valence-electron chi connectivity index (χ0n) is 17.1. The molecule has 1 fully saturated rings. The molecule has 0 aliphatic carbocycles. The van der Waals surface area contributed by atoms with Crippen molar-refractivity contribution in [3.8, 4) is 5.75 Å². The Hall–Kier alpha value is -2.44. The maximum Gasteiger partial charge on any atom is 0.255 e. The Morgan fingerprint density at radius 2 is 1.80 bits per heavy atom. The summed E-state index contributed by atoms with van der Waals surface area (Å²) in [7, 11) is 1.52. The highest BCUT2D eigenvalue weighted by molar-refractivity contribution is 6.32. The van der Waals surface area contributed by atoms with Gasteiger partial charge in [0.25, 0.3) is 5.91 Å². The molecule has 0 radical (unpaired) electrons. The Labute approximate surface area is 186 Å². The summed E-state index contributed by atoms with van der Waals surface area (Å²) in [6.45, 7) is 4.70. The van der Waals surface area contributed by atoms with Crippen LogP contribution in [-0.2, 0) is 4.79 Å². The fourth-order valence-corrected chi connectivity index (χ4v) is 3.88. The number of carbonyl (C=O) groups is 2. The molecule has 2 aromatic rings. The van der Waals surface area contributed by atoms with E-state index in [-0.39, 0.29) is 11.8 Å². The molecule has 0 atom stereocenters. The van der Waals surface area contributed by atoms with Crippen LogP contribution in [0.2, 0.25) is 10.0 Å². The summed E-state index contributed by atoms with van der Waals surface area (Å²) in [5.41, 5.74) is 1.91. The van der Waals surface area contributed by atoms with Crippen LogP contribution in [-0.4, -0.2) is 50.0 Å². The molecule has 0 bridgehead atoms. The second-order valence-electron chi connectivity index (χ2n) is 7.08. The molecule has 30 heavy (non-hydrogen) atoms. The van der Waals surface area contributed by atoms with Crippen LogP contribution >= 0.6 is 23.2 Å². The SMILES string of the molecule is CCCC(=O)N1CCN(c2ccc(Cl)cc2NC(=O)c2ccc(OC)c(Cl)c2)CC1. The number of ether oxygens (including phenoxy) is 1. The Morgan fingerprint density at radius 1 is 1.07 bits per heavy atom. The third-order valence-corrected chi connectivity index (χ3v) is 5.59. The average Bonchev–Trinajstić information content (AvgIpc) is 2.74. The third-order valence-electron chi connectivity index (χ3n) is 5.06. The minimum atomic E-state index is -0.292. The van der Waals surface area contributed by atoms with Gasteiger partial charge in [-0.15, -0.1) is 0 Å². The number of hydrogen-bond donors (Lipinski definition) is 1. The summed E-state index contributed by atoms with van der Waals surface area (Å²) < 4.78 is 5.14. The van der Waals surface area contributed by atoms with Crippen molar-refractivity contribution in [2.24, 2.45) is 0 Å². The van der Waals surface area contributed by atoms with Gasteiger partial charge < -0.3 is 19.9 Å². The number of carbonyl (C=O) groups excluding carboxylic acids is 2. The van der Waals surface area contributed by atoms with Gasteiger partial charge in [-0.1, -0.05) is 30.1 Å². The number of benzene rings is 2. The first-order valence-electron chi connectivity index (χ1n) is 9.90. The third kappa shape index (κ3) is 5.18. The van der Waals surface area contributed by atoms with Gasteiger partial charge in [0.05, 0.1) is 23.5 Å². The van der Waals surface area contributed by atoms with E-state index in [1.165, 1.54) is 7.11 Å². The Balaban J connectivity index is 1.75. The van der Waals surface area contributed by atoms with Gasteiger partial charge >= 0.3 is 0 Å². The predicted octanol–water partition coefficient (Wildman–Crippen LogP) is 4.70. The highest BCUT2D eigenvalue weighted by Crippen LogP contribution is 2.31. The number of hydrogen-bond acceptors (Lipinski definition) is 4. The molecule has 0 saturated carbocycles. The molecule has 2 amide bonds. The number of halogens is 2. The lowest BCUT2D eigenvalue weighted by Gasteiger charge is -2.37. The van der Waals surface area contributed by atoms with E-state index in [0.717, 1.165) is 12.1 Å². The zero-order chi connectivity index (χ0) is 21.7. The zero-order valence-corrected chi connectivity index (χ0v) is 18.6. The van der Waals surface area contributed by atoms with Crippen molar-refractivity contribution in [1.29, 1.82) is 0 Å². The van der Waals surface area contributed by atoms with E-state index in [2.05, 4.69) is 10.2 Å². The largest absolute Gasteiger partial charge is 0.495 e. The summed E-state index contributed by atoms with van der Waals surface area (Å²) in [6, 6.07) is 10.3. The van der Waals surface area contributed by atoms with Crippen LogP contribution in [0.1, 0.15) is 30.1 Å². The molecular weight excluding hydrogens is 425 g/mol. The van der Waals surface area contributed by atoms with Crippen LogP contribution in [0.5, 0.6) is 5.75 Å². The van der Waals surface area contributed by atoms with Gasteiger partial charge in [0.2, 0.25) is 5.91 Å². The predicted molar refractivity (Wildman–Crippen MR) is 121 cm³/mol. The topological polar surface area (TPSA) is 61.9 Å². The van der Waals surface area contributed by atoms with Crippen LogP contribution < -0.4 is 15.0 Å². The van der Waals surface area contributed by atoms with E-state index in [0.29, 0.717) is 59.6 Å². The quantitative estimate of drug-likeness (QED) is 0.693. The molecule has 8 heteroatoms. The van der Waals surface area contributed by atoms with Crippen LogP contribution in [0.3, 0.4) is 0 Å². The van der Waals surface area contributed by atoms with Crippen molar-refractivity contribution in [3.05, 3.63) is 52.0 Å². The van der Waals surface area contributed by atoms with Crippen molar-refractivity contribution in [1.82, 2.24) is 4.90 Å². The molecule has 3 rings (SSSR count). The fraction of sp³-hybridized carbons (Fsp3) is 0.364. The van der Waals surface area contributed by atoms with E-state index >= 15 is 0 Å². The Bertz CT molecular complexity index is 928. The molecule has 2 aromatic carbocycles. The smallest absolute Gasteiger partial charge is 0.255 e. The summed E-state index contributed by atoms with van der Waals surface area (Å²) in [4.78, 5) is 29.0. The summed E-state index contributed by atoms with van der Waals surface area (Å²) in [6.07, 6.45) is 1.43. The minimum absolute atomic E-state index is 0.193. The molecule has 0 unspecified atom stereocenters. The van der Waals surface area contributed by atoms with Gasteiger partial charge in [0, 0.05) is 43.2 Å². The number of piperazine rings is 1. The van der Waals surface area contributed by atoms with Crippen LogP contribution in [0.25, 0.3) is 0 Å². The summed E-state index contributed by atoms with van der Waals surface area (Å²) >= 11 is 12.3. The van der Waals surface area contributed by atoms with E-state index in [4.69, 9.17) is 27.9 Å². The van der Waals surface area contributed by atoms with Crippen molar-refractivity contribution in [3.63, 3.8) is 0 Å². The van der Waals surface area contributed by atoms with Crippen molar-refractivity contribution in [2.75, 3.05) is 43.5 Å². The molecule has 1 heterocycles.